The van der Waals surface area contributed by atoms with E-state index in [1.807, 2.05) is 0 Å². The maximum absolute atomic E-state index is 2.30. The first kappa shape index (κ1) is 45.4. The number of halogens is 2. The molecule has 0 saturated heterocycles. The summed E-state index contributed by atoms with van der Waals surface area (Å²) in [5, 5.41) is 0. The zero-order chi connectivity index (χ0) is 30.0. The molecular weight excluding hydrogens is 668 g/mol. The fourth-order valence-electron chi connectivity index (χ4n) is 5.79. The SMILES string of the molecule is CCCCCCCCCCCCCCCCCC[n+]1ccccc1.CCCCCCCCCCCC[n+]1ccccc1.[Br-].[Br-]. The summed E-state index contributed by atoms with van der Waals surface area (Å²) in [6.07, 6.45) is 45.9. The van der Waals surface area contributed by atoms with E-state index >= 15 is 0 Å². The molecule has 2 heterocycles. The highest BCUT2D eigenvalue weighted by atomic mass is 79.9. The number of nitrogens with zero attached hydrogens (tertiary/aromatic N) is 2. The molecule has 0 aliphatic heterocycles. The molecule has 0 amide bonds. The Bertz CT molecular complexity index is 756. The fourth-order valence-corrected chi connectivity index (χ4v) is 5.79. The predicted octanol–water partition coefficient (Wildman–Crippen LogP) is 6.14. The third-order valence-corrected chi connectivity index (χ3v) is 8.59. The Morgan fingerprint density at radius 1 is 0.273 bits per heavy atom. The molecule has 0 fully saturated rings. The van der Waals surface area contributed by atoms with Crippen molar-refractivity contribution in [2.24, 2.45) is 0 Å². The Morgan fingerprint density at radius 2 is 0.477 bits per heavy atom. The van der Waals surface area contributed by atoms with E-state index in [9.17, 15) is 0 Å². The Kier molecular flexibility index (Phi) is 39.7. The second kappa shape index (κ2) is 38.4. The van der Waals surface area contributed by atoms with Crippen LogP contribution in [0.25, 0.3) is 0 Å². The number of hydrogen-bond donors (Lipinski definition) is 0. The van der Waals surface area contributed by atoms with Crippen molar-refractivity contribution >= 4 is 0 Å². The lowest BCUT2D eigenvalue weighted by Gasteiger charge is -2.03. The normalized spacial score (nSPS) is 10.4. The van der Waals surface area contributed by atoms with Crippen LogP contribution in [0.4, 0.5) is 0 Å². The molecule has 0 atom stereocenters. The van der Waals surface area contributed by atoms with Gasteiger partial charge in [-0.05, 0) is 12.8 Å². The van der Waals surface area contributed by atoms with Gasteiger partial charge in [-0.2, -0.15) is 0 Å². The predicted molar refractivity (Wildman–Crippen MR) is 185 cm³/mol. The molecule has 44 heavy (non-hydrogen) atoms. The molecule has 0 N–H and O–H groups in total. The first-order valence-corrected chi connectivity index (χ1v) is 18.7. The number of aromatic nitrogens is 2. The van der Waals surface area contributed by atoms with Crippen molar-refractivity contribution in [2.45, 2.75) is 194 Å². The number of aryl methyl sites for hydroxylation is 2. The minimum absolute atomic E-state index is 0. The van der Waals surface area contributed by atoms with Gasteiger partial charge in [0.2, 0.25) is 0 Å². The van der Waals surface area contributed by atoms with Crippen LogP contribution in [-0.2, 0) is 13.1 Å². The van der Waals surface area contributed by atoms with E-state index in [1.165, 1.54) is 180 Å². The highest BCUT2D eigenvalue weighted by molar-refractivity contribution is 4.84. The lowest BCUT2D eigenvalue weighted by Crippen LogP contribution is -3.00. The molecule has 0 unspecified atom stereocenters. The summed E-state index contributed by atoms with van der Waals surface area (Å²) in [6.45, 7) is 6.94. The van der Waals surface area contributed by atoms with Crippen molar-refractivity contribution in [3.63, 3.8) is 0 Å². The first-order chi connectivity index (χ1) is 20.9. The number of hydrogen-bond acceptors (Lipinski definition) is 0. The molecule has 4 heteroatoms. The van der Waals surface area contributed by atoms with Gasteiger partial charge in [0.1, 0.15) is 13.1 Å². The fraction of sp³-hybridized carbons (Fsp3) is 0.750. The van der Waals surface area contributed by atoms with Crippen LogP contribution in [0, 0.1) is 0 Å². The molecule has 2 nitrogen and oxygen atoms in total. The quantitative estimate of drug-likeness (QED) is 0.0733. The zero-order valence-corrected chi connectivity index (χ0v) is 32.4. The average Bonchev–Trinajstić information content (AvgIpc) is 3.03. The standard InChI is InChI=1S/C23H42N.C17H30N.2BrH/c1-2-3-4-5-6-7-8-9-10-11-12-13-14-15-16-18-21-24-22-19-17-20-23-24;1-2-3-4-5-6-7-8-9-10-12-15-18-16-13-11-14-17-18;;/h17,19-20,22-23H,2-16,18,21H2,1H3;11,13-14,16-17H,2-10,12,15H2,1H3;2*1H/q2*+1;;/p-2. The van der Waals surface area contributed by atoms with Gasteiger partial charge in [-0.1, -0.05) is 167 Å². The summed E-state index contributed by atoms with van der Waals surface area (Å²) >= 11 is 0. The topological polar surface area (TPSA) is 7.76 Å². The van der Waals surface area contributed by atoms with Crippen molar-refractivity contribution in [1.82, 2.24) is 0 Å². The summed E-state index contributed by atoms with van der Waals surface area (Å²) < 4.78 is 4.58. The highest BCUT2D eigenvalue weighted by Crippen LogP contribution is 2.14. The summed E-state index contributed by atoms with van der Waals surface area (Å²) in [4.78, 5) is 0. The van der Waals surface area contributed by atoms with Gasteiger partial charge in [-0.15, -0.1) is 0 Å². The Hall–Kier alpha value is -0.740. The van der Waals surface area contributed by atoms with Gasteiger partial charge in [-0.3, -0.25) is 0 Å². The third kappa shape index (κ3) is 32.6. The van der Waals surface area contributed by atoms with Gasteiger partial charge < -0.3 is 34.0 Å². The molecule has 2 aromatic heterocycles. The minimum atomic E-state index is 0. The molecular formula is C40H72Br2N2. The first-order valence-electron chi connectivity index (χ1n) is 18.7. The van der Waals surface area contributed by atoms with Crippen LogP contribution >= 0.6 is 0 Å². The summed E-state index contributed by atoms with van der Waals surface area (Å²) in [7, 11) is 0. The molecule has 0 radical (unpaired) electrons. The molecule has 0 spiro atoms. The van der Waals surface area contributed by atoms with E-state index in [4.69, 9.17) is 0 Å². The van der Waals surface area contributed by atoms with Crippen LogP contribution < -0.4 is 43.1 Å². The molecule has 256 valence electrons. The lowest BCUT2D eigenvalue weighted by atomic mass is 10.0. The Labute approximate surface area is 296 Å². The van der Waals surface area contributed by atoms with Crippen LogP contribution in [0.5, 0.6) is 0 Å². The van der Waals surface area contributed by atoms with E-state index in [2.05, 4.69) is 84.2 Å². The third-order valence-electron chi connectivity index (χ3n) is 8.59. The molecule has 0 aliphatic carbocycles. The van der Waals surface area contributed by atoms with Crippen LogP contribution in [0.1, 0.15) is 181 Å². The van der Waals surface area contributed by atoms with Crippen LogP contribution in [0.2, 0.25) is 0 Å². The maximum atomic E-state index is 2.30. The van der Waals surface area contributed by atoms with Crippen molar-refractivity contribution in [2.75, 3.05) is 0 Å². The minimum Gasteiger partial charge on any atom is -1.00 e. The number of rotatable bonds is 28. The average molecular weight is 741 g/mol. The van der Waals surface area contributed by atoms with Crippen molar-refractivity contribution in [3.05, 3.63) is 61.2 Å². The van der Waals surface area contributed by atoms with Crippen molar-refractivity contribution in [1.29, 1.82) is 0 Å². The number of unbranched alkanes of at least 4 members (excludes halogenated alkanes) is 24. The molecule has 0 bridgehead atoms. The lowest BCUT2D eigenvalue weighted by molar-refractivity contribution is -0.697. The van der Waals surface area contributed by atoms with E-state index in [1.54, 1.807) is 0 Å². The summed E-state index contributed by atoms with van der Waals surface area (Å²) in [6, 6.07) is 12.6. The van der Waals surface area contributed by atoms with Gasteiger partial charge in [0.25, 0.3) is 0 Å². The summed E-state index contributed by atoms with van der Waals surface area (Å²) in [5.74, 6) is 0. The molecule has 2 rings (SSSR count). The van der Waals surface area contributed by atoms with E-state index in [-0.39, 0.29) is 34.0 Å². The maximum Gasteiger partial charge on any atom is 0.168 e. The second-order valence-electron chi connectivity index (χ2n) is 12.7. The van der Waals surface area contributed by atoms with Crippen molar-refractivity contribution in [3.8, 4) is 0 Å². The molecule has 2 aromatic rings. The Balaban J connectivity index is 0. The monoisotopic (exact) mass is 738 g/mol. The van der Waals surface area contributed by atoms with Gasteiger partial charge in [0.15, 0.2) is 24.8 Å². The molecule has 0 saturated carbocycles. The number of pyridine rings is 2. The smallest absolute Gasteiger partial charge is 0.168 e. The molecule has 0 aliphatic rings. The van der Waals surface area contributed by atoms with E-state index in [0.717, 1.165) is 0 Å². The van der Waals surface area contributed by atoms with Gasteiger partial charge >= 0.3 is 0 Å². The second-order valence-corrected chi connectivity index (χ2v) is 12.7. The van der Waals surface area contributed by atoms with E-state index in [0.29, 0.717) is 0 Å². The van der Waals surface area contributed by atoms with Gasteiger partial charge in [0, 0.05) is 37.1 Å². The summed E-state index contributed by atoms with van der Waals surface area (Å²) in [5.41, 5.74) is 0. The van der Waals surface area contributed by atoms with Gasteiger partial charge in [-0.25, -0.2) is 9.13 Å². The van der Waals surface area contributed by atoms with Crippen LogP contribution in [0.3, 0.4) is 0 Å². The largest absolute Gasteiger partial charge is 1.00 e. The highest BCUT2D eigenvalue weighted by Gasteiger charge is 1.99. The zero-order valence-electron chi connectivity index (χ0n) is 29.2. The van der Waals surface area contributed by atoms with Crippen molar-refractivity contribution < 1.29 is 43.1 Å². The Morgan fingerprint density at radius 3 is 0.705 bits per heavy atom. The van der Waals surface area contributed by atoms with E-state index < -0.39 is 0 Å². The van der Waals surface area contributed by atoms with Crippen LogP contribution in [-0.4, -0.2) is 0 Å². The van der Waals surface area contributed by atoms with Crippen LogP contribution in [0.15, 0.2) is 61.2 Å². The van der Waals surface area contributed by atoms with Gasteiger partial charge in [0.05, 0.1) is 0 Å². The molecule has 0 aromatic carbocycles.